The van der Waals surface area contributed by atoms with Crippen LogP contribution in [0.25, 0.3) is 0 Å². The predicted molar refractivity (Wildman–Crippen MR) is 54.5 cm³/mol. The number of hydrogen-bond acceptors (Lipinski definition) is 4. The molecule has 0 aromatic carbocycles. The number of anilines is 1. The summed E-state index contributed by atoms with van der Waals surface area (Å²) in [4.78, 5) is 19.2. The average molecular weight is 207 g/mol. The number of aryl methyl sites for hydroxylation is 2. The monoisotopic (exact) mass is 207 g/mol. The van der Waals surface area contributed by atoms with Gasteiger partial charge in [0.2, 0.25) is 5.95 Å². The number of hydrogen-bond donors (Lipinski definition) is 2. The number of aliphatic carboxylic acids is 1. The quantitative estimate of drug-likeness (QED) is 0.746. The van der Waals surface area contributed by atoms with E-state index in [2.05, 4.69) is 9.97 Å². The fourth-order valence-electron chi connectivity index (χ4n) is 2.12. The van der Waals surface area contributed by atoms with Crippen molar-refractivity contribution in [1.29, 1.82) is 0 Å². The molecular weight excluding hydrogens is 194 g/mol. The van der Waals surface area contributed by atoms with Crippen LogP contribution in [0.15, 0.2) is 0 Å². The van der Waals surface area contributed by atoms with Gasteiger partial charge < -0.3 is 10.8 Å². The SMILES string of the molecule is CCc1nc(N)nc2c1C(C(=O)O)CC2. The van der Waals surface area contributed by atoms with Gasteiger partial charge in [0, 0.05) is 5.56 Å². The Morgan fingerprint density at radius 2 is 2.33 bits per heavy atom. The molecule has 0 saturated carbocycles. The van der Waals surface area contributed by atoms with E-state index < -0.39 is 11.9 Å². The maximum atomic E-state index is 11.0. The van der Waals surface area contributed by atoms with Crippen LogP contribution < -0.4 is 5.73 Å². The first-order valence-corrected chi connectivity index (χ1v) is 5.01. The van der Waals surface area contributed by atoms with E-state index in [1.807, 2.05) is 6.92 Å². The Labute approximate surface area is 87.4 Å². The molecule has 0 spiro atoms. The number of carboxylic acids is 1. The van der Waals surface area contributed by atoms with Crippen LogP contribution in [-0.4, -0.2) is 21.0 Å². The minimum atomic E-state index is -0.795. The zero-order valence-electron chi connectivity index (χ0n) is 8.53. The van der Waals surface area contributed by atoms with Gasteiger partial charge in [-0.15, -0.1) is 0 Å². The lowest BCUT2D eigenvalue weighted by Crippen LogP contribution is -2.12. The minimum Gasteiger partial charge on any atom is -0.481 e. The molecule has 1 aliphatic rings. The normalized spacial score (nSPS) is 18.9. The molecule has 0 radical (unpaired) electrons. The van der Waals surface area contributed by atoms with Crippen LogP contribution in [-0.2, 0) is 17.6 Å². The maximum Gasteiger partial charge on any atom is 0.311 e. The predicted octanol–water partition coefficient (Wildman–Crippen LogP) is 0.736. The van der Waals surface area contributed by atoms with Gasteiger partial charge in [-0.1, -0.05) is 6.92 Å². The number of carboxylic acid groups (broad SMARTS) is 1. The molecule has 1 heterocycles. The lowest BCUT2D eigenvalue weighted by Gasteiger charge is -2.10. The number of aromatic nitrogens is 2. The zero-order chi connectivity index (χ0) is 11.0. The molecule has 0 aliphatic heterocycles. The second-order valence-electron chi connectivity index (χ2n) is 3.67. The summed E-state index contributed by atoms with van der Waals surface area (Å²) in [6.45, 7) is 1.94. The fourth-order valence-corrected chi connectivity index (χ4v) is 2.12. The first kappa shape index (κ1) is 9.89. The van der Waals surface area contributed by atoms with Crippen LogP contribution >= 0.6 is 0 Å². The molecule has 1 aromatic heterocycles. The molecule has 1 atom stereocenters. The first-order chi connectivity index (χ1) is 7.13. The second kappa shape index (κ2) is 3.49. The first-order valence-electron chi connectivity index (χ1n) is 5.01. The van der Waals surface area contributed by atoms with E-state index in [0.717, 1.165) is 17.0 Å². The van der Waals surface area contributed by atoms with Crippen molar-refractivity contribution in [2.75, 3.05) is 5.73 Å². The maximum absolute atomic E-state index is 11.0. The molecule has 5 heteroatoms. The highest BCUT2D eigenvalue weighted by atomic mass is 16.4. The molecular formula is C10H13N3O2. The van der Waals surface area contributed by atoms with Crippen molar-refractivity contribution >= 4 is 11.9 Å². The van der Waals surface area contributed by atoms with E-state index in [9.17, 15) is 4.79 Å². The third kappa shape index (κ3) is 1.54. The molecule has 0 bridgehead atoms. The lowest BCUT2D eigenvalue weighted by atomic mass is 10.0. The van der Waals surface area contributed by atoms with Gasteiger partial charge in [0.15, 0.2) is 0 Å². The Morgan fingerprint density at radius 3 is 2.93 bits per heavy atom. The van der Waals surface area contributed by atoms with Gasteiger partial charge in [0.1, 0.15) is 0 Å². The number of nitrogens with zero attached hydrogens (tertiary/aromatic N) is 2. The largest absolute Gasteiger partial charge is 0.481 e. The van der Waals surface area contributed by atoms with E-state index >= 15 is 0 Å². The highest BCUT2D eigenvalue weighted by Crippen LogP contribution is 2.34. The van der Waals surface area contributed by atoms with Crippen LogP contribution in [0.2, 0.25) is 0 Å². The van der Waals surface area contributed by atoms with Gasteiger partial charge in [-0.25, -0.2) is 9.97 Å². The topological polar surface area (TPSA) is 89.1 Å². The van der Waals surface area contributed by atoms with Crippen molar-refractivity contribution in [3.63, 3.8) is 0 Å². The van der Waals surface area contributed by atoms with E-state index in [-0.39, 0.29) is 5.95 Å². The van der Waals surface area contributed by atoms with Crippen molar-refractivity contribution in [3.8, 4) is 0 Å². The Morgan fingerprint density at radius 1 is 1.60 bits per heavy atom. The number of carbonyl (C=O) groups is 1. The molecule has 15 heavy (non-hydrogen) atoms. The Hall–Kier alpha value is -1.65. The van der Waals surface area contributed by atoms with Gasteiger partial charge in [-0.05, 0) is 19.3 Å². The minimum absolute atomic E-state index is 0.247. The van der Waals surface area contributed by atoms with Crippen LogP contribution in [0.3, 0.4) is 0 Å². The van der Waals surface area contributed by atoms with Crippen molar-refractivity contribution in [3.05, 3.63) is 17.0 Å². The molecule has 1 unspecified atom stereocenters. The van der Waals surface area contributed by atoms with Gasteiger partial charge in [0.05, 0.1) is 17.3 Å². The molecule has 0 saturated heterocycles. The van der Waals surface area contributed by atoms with Crippen molar-refractivity contribution in [2.45, 2.75) is 32.1 Å². The van der Waals surface area contributed by atoms with Gasteiger partial charge in [-0.3, -0.25) is 4.79 Å². The van der Waals surface area contributed by atoms with Crippen molar-refractivity contribution < 1.29 is 9.90 Å². The summed E-state index contributed by atoms with van der Waals surface area (Å²) in [6.07, 6.45) is 1.99. The zero-order valence-corrected chi connectivity index (χ0v) is 8.53. The van der Waals surface area contributed by atoms with Crippen molar-refractivity contribution in [1.82, 2.24) is 9.97 Å². The average Bonchev–Trinajstić information content (AvgIpc) is 2.59. The molecule has 5 nitrogen and oxygen atoms in total. The third-order valence-electron chi connectivity index (χ3n) is 2.77. The van der Waals surface area contributed by atoms with Gasteiger partial charge >= 0.3 is 5.97 Å². The summed E-state index contributed by atoms with van der Waals surface area (Å²) < 4.78 is 0. The summed E-state index contributed by atoms with van der Waals surface area (Å²) in [7, 11) is 0. The van der Waals surface area contributed by atoms with E-state index in [1.54, 1.807) is 0 Å². The van der Waals surface area contributed by atoms with Crippen LogP contribution in [0, 0.1) is 0 Å². The summed E-state index contributed by atoms with van der Waals surface area (Å²) in [6, 6.07) is 0. The standard InChI is InChI=1S/C10H13N3O2/c1-2-6-8-5(9(14)15)3-4-7(8)13-10(11)12-6/h5H,2-4H2,1H3,(H,14,15)(H2,11,12,13). The van der Waals surface area contributed by atoms with E-state index in [4.69, 9.17) is 10.8 Å². The summed E-state index contributed by atoms with van der Waals surface area (Å²) >= 11 is 0. The molecule has 0 amide bonds. The third-order valence-corrected chi connectivity index (χ3v) is 2.77. The van der Waals surface area contributed by atoms with Gasteiger partial charge in [-0.2, -0.15) is 0 Å². The highest BCUT2D eigenvalue weighted by Gasteiger charge is 2.32. The lowest BCUT2D eigenvalue weighted by molar-refractivity contribution is -0.138. The fraction of sp³-hybridized carbons (Fsp3) is 0.500. The van der Waals surface area contributed by atoms with E-state index in [0.29, 0.717) is 19.3 Å². The van der Waals surface area contributed by atoms with Crippen LogP contribution in [0.5, 0.6) is 0 Å². The molecule has 1 aliphatic carbocycles. The second-order valence-corrected chi connectivity index (χ2v) is 3.67. The summed E-state index contributed by atoms with van der Waals surface area (Å²) in [5.74, 6) is -0.996. The highest BCUT2D eigenvalue weighted by molar-refractivity contribution is 5.78. The molecule has 1 aromatic rings. The summed E-state index contributed by atoms with van der Waals surface area (Å²) in [5, 5.41) is 9.06. The number of rotatable bonds is 2. The smallest absolute Gasteiger partial charge is 0.311 e. The Balaban J connectivity index is 2.55. The van der Waals surface area contributed by atoms with Crippen molar-refractivity contribution in [2.24, 2.45) is 0 Å². The molecule has 2 rings (SSSR count). The van der Waals surface area contributed by atoms with Crippen LogP contribution in [0.4, 0.5) is 5.95 Å². The summed E-state index contributed by atoms with van der Waals surface area (Å²) in [5.41, 5.74) is 7.94. The Bertz CT molecular complexity index is 417. The molecule has 80 valence electrons. The molecule has 0 fully saturated rings. The Kier molecular flexibility index (Phi) is 2.30. The van der Waals surface area contributed by atoms with Crippen LogP contribution in [0.1, 0.15) is 36.2 Å². The van der Waals surface area contributed by atoms with Gasteiger partial charge in [0.25, 0.3) is 0 Å². The number of nitrogen functional groups attached to an aromatic ring is 1. The number of fused-ring (bicyclic) bond motifs is 1. The molecule has 3 N–H and O–H groups in total. The van der Waals surface area contributed by atoms with E-state index in [1.165, 1.54) is 0 Å². The number of nitrogens with two attached hydrogens (primary N) is 1.